The van der Waals surface area contributed by atoms with Crippen molar-refractivity contribution in [2.75, 3.05) is 13.2 Å². The third kappa shape index (κ3) is 4.30. The van der Waals surface area contributed by atoms with Gasteiger partial charge in [-0.3, -0.25) is 4.79 Å². The molecular formula is C14H27NO2. The van der Waals surface area contributed by atoms with Crippen molar-refractivity contribution in [2.24, 2.45) is 23.5 Å². The van der Waals surface area contributed by atoms with Gasteiger partial charge in [0, 0.05) is 0 Å². The smallest absolute Gasteiger partial charge is 0.309 e. The van der Waals surface area contributed by atoms with E-state index in [-0.39, 0.29) is 11.9 Å². The Bertz CT molecular complexity index is 226. The molecule has 1 aliphatic carbocycles. The van der Waals surface area contributed by atoms with Crippen LogP contribution in [0.5, 0.6) is 0 Å². The Morgan fingerprint density at radius 3 is 2.53 bits per heavy atom. The zero-order valence-electron chi connectivity index (χ0n) is 11.3. The van der Waals surface area contributed by atoms with Gasteiger partial charge in [-0.25, -0.2) is 0 Å². The number of carbonyl (C=O) groups is 1. The van der Waals surface area contributed by atoms with Crippen molar-refractivity contribution in [1.29, 1.82) is 0 Å². The Labute approximate surface area is 105 Å². The molecule has 0 amide bonds. The Balaban J connectivity index is 2.39. The number of ether oxygens (including phenoxy) is 1. The quantitative estimate of drug-likeness (QED) is 0.727. The largest absolute Gasteiger partial charge is 0.465 e. The Morgan fingerprint density at radius 1 is 1.29 bits per heavy atom. The number of nitrogens with two attached hydrogens (primary N) is 1. The summed E-state index contributed by atoms with van der Waals surface area (Å²) in [5.41, 5.74) is 5.73. The van der Waals surface area contributed by atoms with Crippen LogP contribution >= 0.6 is 0 Å². The molecule has 100 valence electrons. The number of esters is 1. The first kappa shape index (κ1) is 14.5. The molecule has 17 heavy (non-hydrogen) atoms. The Morgan fingerprint density at radius 2 is 1.94 bits per heavy atom. The fourth-order valence-electron chi connectivity index (χ4n) is 2.63. The van der Waals surface area contributed by atoms with Gasteiger partial charge in [-0.2, -0.15) is 0 Å². The van der Waals surface area contributed by atoms with E-state index in [2.05, 4.69) is 13.8 Å². The molecule has 1 rings (SSSR count). The van der Waals surface area contributed by atoms with E-state index < -0.39 is 0 Å². The molecular weight excluding hydrogens is 214 g/mol. The number of hydrogen-bond acceptors (Lipinski definition) is 3. The van der Waals surface area contributed by atoms with Crippen molar-refractivity contribution in [3.8, 4) is 0 Å². The minimum atomic E-state index is -0.00736. The van der Waals surface area contributed by atoms with Gasteiger partial charge in [-0.1, -0.05) is 39.5 Å². The van der Waals surface area contributed by atoms with E-state index >= 15 is 0 Å². The maximum absolute atomic E-state index is 12.0. The second-order valence-electron chi connectivity index (χ2n) is 5.20. The van der Waals surface area contributed by atoms with E-state index in [0.29, 0.717) is 25.0 Å². The van der Waals surface area contributed by atoms with E-state index in [1.54, 1.807) is 0 Å². The number of carbonyl (C=O) groups excluding carboxylic acids is 1. The van der Waals surface area contributed by atoms with Crippen LogP contribution in [0.4, 0.5) is 0 Å². The fourth-order valence-corrected chi connectivity index (χ4v) is 2.63. The fraction of sp³-hybridized carbons (Fsp3) is 0.929. The molecule has 0 radical (unpaired) electrons. The topological polar surface area (TPSA) is 52.3 Å². The molecule has 0 aromatic rings. The lowest BCUT2D eigenvalue weighted by molar-refractivity contribution is -0.153. The minimum Gasteiger partial charge on any atom is -0.465 e. The lowest BCUT2D eigenvalue weighted by atomic mass is 9.79. The van der Waals surface area contributed by atoms with Crippen LogP contribution in [0.1, 0.15) is 52.4 Å². The van der Waals surface area contributed by atoms with E-state index in [1.165, 1.54) is 6.42 Å². The molecule has 2 N–H and O–H groups in total. The molecule has 0 bridgehead atoms. The van der Waals surface area contributed by atoms with E-state index in [4.69, 9.17) is 10.5 Å². The van der Waals surface area contributed by atoms with Crippen molar-refractivity contribution in [3.05, 3.63) is 0 Å². The molecule has 1 aliphatic rings. The molecule has 3 heteroatoms. The van der Waals surface area contributed by atoms with E-state index in [0.717, 1.165) is 32.1 Å². The highest BCUT2D eigenvalue weighted by atomic mass is 16.5. The SMILES string of the molecule is CCC(CC)COC(=O)C1CCCCC1CN. The first-order chi connectivity index (χ1) is 8.22. The summed E-state index contributed by atoms with van der Waals surface area (Å²) < 4.78 is 5.46. The lowest BCUT2D eigenvalue weighted by Crippen LogP contribution is -2.34. The third-order valence-electron chi connectivity index (χ3n) is 4.13. The molecule has 0 aromatic carbocycles. The minimum absolute atomic E-state index is 0.00736. The molecule has 2 unspecified atom stereocenters. The van der Waals surface area contributed by atoms with Crippen molar-refractivity contribution in [1.82, 2.24) is 0 Å². The highest BCUT2D eigenvalue weighted by Gasteiger charge is 2.31. The zero-order valence-corrected chi connectivity index (χ0v) is 11.3. The van der Waals surface area contributed by atoms with Gasteiger partial charge >= 0.3 is 5.97 Å². The predicted molar refractivity (Wildman–Crippen MR) is 69.5 cm³/mol. The van der Waals surface area contributed by atoms with Crippen LogP contribution in [0.3, 0.4) is 0 Å². The van der Waals surface area contributed by atoms with Gasteiger partial charge in [0.1, 0.15) is 0 Å². The van der Waals surface area contributed by atoms with Gasteiger partial charge in [0.05, 0.1) is 12.5 Å². The third-order valence-corrected chi connectivity index (χ3v) is 4.13. The summed E-state index contributed by atoms with van der Waals surface area (Å²) in [5.74, 6) is 0.909. The van der Waals surface area contributed by atoms with E-state index in [9.17, 15) is 4.79 Å². The van der Waals surface area contributed by atoms with Crippen LogP contribution in [0.2, 0.25) is 0 Å². The first-order valence-electron chi connectivity index (χ1n) is 7.09. The highest BCUT2D eigenvalue weighted by molar-refractivity contribution is 5.73. The molecule has 0 aromatic heterocycles. The predicted octanol–water partition coefficient (Wildman–Crippen LogP) is 2.73. The van der Waals surface area contributed by atoms with Crippen LogP contribution in [0.25, 0.3) is 0 Å². The molecule has 0 spiro atoms. The molecule has 2 atom stereocenters. The lowest BCUT2D eigenvalue weighted by Gasteiger charge is -2.29. The van der Waals surface area contributed by atoms with Crippen molar-refractivity contribution in [3.63, 3.8) is 0 Å². The highest BCUT2D eigenvalue weighted by Crippen LogP contribution is 2.30. The van der Waals surface area contributed by atoms with Gasteiger partial charge in [0.2, 0.25) is 0 Å². The summed E-state index contributed by atoms with van der Waals surface area (Å²) in [6, 6.07) is 0. The monoisotopic (exact) mass is 241 g/mol. The second kappa shape index (κ2) is 7.70. The van der Waals surface area contributed by atoms with Crippen molar-refractivity contribution in [2.45, 2.75) is 52.4 Å². The van der Waals surface area contributed by atoms with Crippen LogP contribution < -0.4 is 5.73 Å². The molecule has 0 aliphatic heterocycles. The molecule has 1 fully saturated rings. The summed E-state index contributed by atoms with van der Waals surface area (Å²) >= 11 is 0. The summed E-state index contributed by atoms with van der Waals surface area (Å²) in [4.78, 5) is 12.0. The van der Waals surface area contributed by atoms with Crippen molar-refractivity contribution < 1.29 is 9.53 Å². The normalized spacial score (nSPS) is 24.9. The Kier molecular flexibility index (Phi) is 6.56. The number of hydrogen-bond donors (Lipinski definition) is 1. The standard InChI is InChI=1S/C14H27NO2/c1-3-11(4-2)10-17-14(16)13-8-6-5-7-12(13)9-15/h11-13H,3-10,15H2,1-2H3. The van der Waals surface area contributed by atoms with Crippen LogP contribution in [0.15, 0.2) is 0 Å². The summed E-state index contributed by atoms with van der Waals surface area (Å²) in [5, 5.41) is 0. The Hall–Kier alpha value is -0.570. The molecule has 3 nitrogen and oxygen atoms in total. The van der Waals surface area contributed by atoms with Gasteiger partial charge < -0.3 is 10.5 Å². The van der Waals surface area contributed by atoms with Crippen LogP contribution in [-0.2, 0) is 9.53 Å². The molecule has 0 saturated heterocycles. The van der Waals surface area contributed by atoms with E-state index in [1.807, 2.05) is 0 Å². The number of rotatable bonds is 6. The summed E-state index contributed by atoms with van der Waals surface area (Å²) in [6.07, 6.45) is 6.55. The molecule has 1 saturated carbocycles. The van der Waals surface area contributed by atoms with Gasteiger partial charge in [-0.15, -0.1) is 0 Å². The zero-order chi connectivity index (χ0) is 12.7. The van der Waals surface area contributed by atoms with Crippen molar-refractivity contribution >= 4 is 5.97 Å². The maximum atomic E-state index is 12.0. The average Bonchev–Trinajstić information content (AvgIpc) is 2.39. The van der Waals surface area contributed by atoms with Gasteiger partial charge in [0.25, 0.3) is 0 Å². The van der Waals surface area contributed by atoms with Crippen LogP contribution in [0, 0.1) is 17.8 Å². The van der Waals surface area contributed by atoms with Crippen LogP contribution in [-0.4, -0.2) is 19.1 Å². The van der Waals surface area contributed by atoms with Gasteiger partial charge in [0.15, 0.2) is 0 Å². The first-order valence-corrected chi connectivity index (χ1v) is 7.09. The summed E-state index contributed by atoms with van der Waals surface area (Å²) in [7, 11) is 0. The summed E-state index contributed by atoms with van der Waals surface area (Å²) in [6.45, 7) is 5.49. The second-order valence-corrected chi connectivity index (χ2v) is 5.20. The van der Waals surface area contributed by atoms with Gasteiger partial charge in [-0.05, 0) is 31.2 Å². The average molecular weight is 241 g/mol. The molecule has 0 heterocycles. The maximum Gasteiger partial charge on any atom is 0.309 e.